The molecule has 1 aliphatic heterocycles. The number of nitrogens with one attached hydrogen (secondary N) is 2. The smallest absolute Gasteiger partial charge is 0.314 e. The number of allylic oxidation sites excluding steroid dienone is 2. The molecule has 0 radical (unpaired) electrons. The quantitative estimate of drug-likeness (QED) is 0.441. The third kappa shape index (κ3) is 5.50. The molecular weight excluding hydrogens is 436 g/mol. The SMILES string of the molecule is [C-]#[N+]c1cnc(C(=O)Nc2ccc(C3CCN(Cc4ccccn4)CC3)cc2C2=CCCCC2)[nH]1. The fourth-order valence-electron chi connectivity index (χ4n) is 5.08. The number of piperidine rings is 1. The first-order valence-corrected chi connectivity index (χ1v) is 12.4. The van der Waals surface area contributed by atoms with Gasteiger partial charge < -0.3 is 10.2 Å². The van der Waals surface area contributed by atoms with Gasteiger partial charge in [-0.1, -0.05) is 24.8 Å². The molecule has 0 unspecified atom stereocenters. The summed E-state index contributed by atoms with van der Waals surface area (Å²) in [5.74, 6) is 0.598. The average molecular weight is 467 g/mol. The van der Waals surface area contributed by atoms with E-state index in [1.165, 1.54) is 30.2 Å². The summed E-state index contributed by atoms with van der Waals surface area (Å²) in [5, 5.41) is 3.03. The van der Waals surface area contributed by atoms with E-state index in [2.05, 4.69) is 54.3 Å². The van der Waals surface area contributed by atoms with Crippen molar-refractivity contribution in [2.45, 2.75) is 51.0 Å². The van der Waals surface area contributed by atoms with Gasteiger partial charge in [-0.05, 0) is 92.9 Å². The monoisotopic (exact) mass is 466 g/mol. The molecule has 2 aliphatic rings. The van der Waals surface area contributed by atoms with Crippen LogP contribution in [0.1, 0.15) is 71.9 Å². The van der Waals surface area contributed by atoms with Gasteiger partial charge in [-0.25, -0.2) is 4.98 Å². The summed E-state index contributed by atoms with van der Waals surface area (Å²) in [6.07, 6.45) is 12.3. The van der Waals surface area contributed by atoms with E-state index < -0.39 is 0 Å². The minimum atomic E-state index is -0.326. The fourth-order valence-corrected chi connectivity index (χ4v) is 5.08. The number of hydrogen-bond acceptors (Lipinski definition) is 4. The Bertz CT molecular complexity index is 1250. The zero-order valence-corrected chi connectivity index (χ0v) is 19.8. The molecule has 1 amide bonds. The molecule has 0 bridgehead atoms. The summed E-state index contributed by atoms with van der Waals surface area (Å²) in [4.78, 5) is 29.9. The van der Waals surface area contributed by atoms with Crippen molar-refractivity contribution in [3.63, 3.8) is 0 Å². The highest BCUT2D eigenvalue weighted by molar-refractivity contribution is 6.03. The Morgan fingerprint density at radius 1 is 1.17 bits per heavy atom. The molecule has 178 valence electrons. The van der Waals surface area contributed by atoms with E-state index in [9.17, 15) is 4.79 Å². The van der Waals surface area contributed by atoms with E-state index in [0.29, 0.717) is 5.92 Å². The van der Waals surface area contributed by atoms with Crippen molar-refractivity contribution in [3.05, 3.63) is 88.9 Å². The van der Waals surface area contributed by atoms with Gasteiger partial charge in [-0.2, -0.15) is 0 Å². The number of H-pyrrole nitrogens is 1. The molecule has 2 aromatic heterocycles. The zero-order valence-electron chi connectivity index (χ0n) is 19.8. The molecule has 0 atom stereocenters. The molecule has 7 nitrogen and oxygen atoms in total. The number of hydrogen-bond donors (Lipinski definition) is 2. The van der Waals surface area contributed by atoms with Crippen molar-refractivity contribution in [1.29, 1.82) is 0 Å². The van der Waals surface area contributed by atoms with E-state index in [4.69, 9.17) is 6.57 Å². The Morgan fingerprint density at radius 3 is 2.77 bits per heavy atom. The third-order valence-corrected chi connectivity index (χ3v) is 7.00. The van der Waals surface area contributed by atoms with Crippen LogP contribution in [0.4, 0.5) is 11.5 Å². The molecule has 0 spiro atoms. The molecule has 2 N–H and O–H groups in total. The van der Waals surface area contributed by atoms with Crippen molar-refractivity contribution >= 4 is 23.0 Å². The Labute approximate surface area is 206 Å². The first-order valence-electron chi connectivity index (χ1n) is 12.4. The summed E-state index contributed by atoms with van der Waals surface area (Å²) in [6.45, 7) is 10.1. The Hall–Kier alpha value is -3.76. The minimum absolute atomic E-state index is 0.156. The van der Waals surface area contributed by atoms with Gasteiger partial charge >= 0.3 is 5.91 Å². The van der Waals surface area contributed by atoms with Crippen LogP contribution in [0.15, 0.2) is 54.9 Å². The third-order valence-electron chi connectivity index (χ3n) is 7.00. The molecule has 3 aromatic rings. The number of carbonyl (C=O) groups is 1. The number of pyridine rings is 1. The number of aromatic nitrogens is 3. The Balaban J connectivity index is 1.32. The van der Waals surface area contributed by atoms with Gasteiger partial charge in [0.05, 0.1) is 11.9 Å². The summed E-state index contributed by atoms with van der Waals surface area (Å²) in [7, 11) is 0. The first kappa shape index (κ1) is 23.0. The van der Waals surface area contributed by atoms with Crippen LogP contribution in [-0.2, 0) is 6.54 Å². The highest BCUT2D eigenvalue weighted by Gasteiger charge is 2.23. The number of nitrogens with zero attached hydrogens (tertiary/aromatic N) is 4. The summed E-state index contributed by atoms with van der Waals surface area (Å²) in [6, 6.07) is 12.6. The predicted octanol–water partition coefficient (Wildman–Crippen LogP) is 5.94. The van der Waals surface area contributed by atoms with E-state index >= 15 is 0 Å². The van der Waals surface area contributed by atoms with Gasteiger partial charge in [0.25, 0.3) is 5.82 Å². The maximum Gasteiger partial charge on any atom is 0.314 e. The number of rotatable bonds is 6. The van der Waals surface area contributed by atoms with Crippen molar-refractivity contribution < 1.29 is 4.79 Å². The lowest BCUT2D eigenvalue weighted by Crippen LogP contribution is -2.32. The summed E-state index contributed by atoms with van der Waals surface area (Å²) < 4.78 is 0. The fraction of sp³-hybridized carbons (Fsp3) is 0.357. The zero-order chi connectivity index (χ0) is 24.0. The van der Waals surface area contributed by atoms with Crippen molar-refractivity contribution in [2.24, 2.45) is 0 Å². The van der Waals surface area contributed by atoms with Crippen LogP contribution >= 0.6 is 0 Å². The lowest BCUT2D eigenvalue weighted by molar-refractivity contribution is 0.101. The number of benzene rings is 1. The Kier molecular flexibility index (Phi) is 7.01. The van der Waals surface area contributed by atoms with E-state index in [0.717, 1.165) is 62.3 Å². The number of anilines is 1. The summed E-state index contributed by atoms with van der Waals surface area (Å²) >= 11 is 0. The molecule has 1 saturated heterocycles. The van der Waals surface area contributed by atoms with Gasteiger partial charge in [0.15, 0.2) is 0 Å². The Morgan fingerprint density at radius 2 is 2.06 bits per heavy atom. The second kappa shape index (κ2) is 10.7. The molecule has 35 heavy (non-hydrogen) atoms. The molecule has 3 heterocycles. The van der Waals surface area contributed by atoms with Crippen LogP contribution in [0.3, 0.4) is 0 Å². The molecule has 1 aromatic carbocycles. The number of likely N-dealkylation sites (tertiary alicyclic amines) is 1. The van der Waals surface area contributed by atoms with E-state index in [1.54, 1.807) is 0 Å². The highest BCUT2D eigenvalue weighted by atomic mass is 16.2. The minimum Gasteiger partial charge on any atom is -0.363 e. The first-order chi connectivity index (χ1) is 17.2. The second-order valence-electron chi connectivity index (χ2n) is 9.33. The van der Waals surface area contributed by atoms with Gasteiger partial charge in [0, 0.05) is 24.0 Å². The van der Waals surface area contributed by atoms with Gasteiger partial charge in [0.1, 0.15) is 0 Å². The van der Waals surface area contributed by atoms with Crippen LogP contribution in [0, 0.1) is 6.57 Å². The maximum absolute atomic E-state index is 12.8. The van der Waals surface area contributed by atoms with Crippen molar-refractivity contribution in [2.75, 3.05) is 18.4 Å². The van der Waals surface area contributed by atoms with Crippen LogP contribution in [0.25, 0.3) is 10.4 Å². The number of aromatic amines is 1. The average Bonchev–Trinajstić information content (AvgIpc) is 3.40. The van der Waals surface area contributed by atoms with Crippen LogP contribution in [-0.4, -0.2) is 38.8 Å². The van der Waals surface area contributed by atoms with Crippen molar-refractivity contribution in [1.82, 2.24) is 19.9 Å². The number of imidazole rings is 1. The van der Waals surface area contributed by atoms with Crippen LogP contribution in [0.5, 0.6) is 0 Å². The van der Waals surface area contributed by atoms with Gasteiger partial charge in [-0.15, -0.1) is 0 Å². The molecule has 1 fully saturated rings. The van der Waals surface area contributed by atoms with Crippen LogP contribution < -0.4 is 5.32 Å². The predicted molar refractivity (Wildman–Crippen MR) is 137 cm³/mol. The normalized spacial score (nSPS) is 16.9. The largest absolute Gasteiger partial charge is 0.363 e. The standard InChI is InChI=1S/C28H30N6O/c1-29-26-18-31-27(33-26)28(35)32-25-11-10-22(17-24(25)21-7-3-2-4-8-21)20-12-15-34(16-13-20)19-23-9-5-6-14-30-23/h5-7,9-11,14,17-18,20H,2-4,8,12-13,15-16,19H2,(H,31,33)(H,32,35). The van der Waals surface area contributed by atoms with Gasteiger partial charge in [-0.3, -0.25) is 19.7 Å². The lowest BCUT2D eigenvalue weighted by Gasteiger charge is -2.32. The van der Waals surface area contributed by atoms with Crippen LogP contribution in [0.2, 0.25) is 0 Å². The molecule has 7 heteroatoms. The molecule has 1 aliphatic carbocycles. The number of amides is 1. The topological polar surface area (TPSA) is 78.3 Å². The molecular formula is C28H30N6O. The maximum atomic E-state index is 12.8. The number of carbonyl (C=O) groups excluding carboxylic acids is 1. The van der Waals surface area contributed by atoms with E-state index in [1.807, 2.05) is 24.4 Å². The van der Waals surface area contributed by atoms with Gasteiger partial charge in [0.2, 0.25) is 5.82 Å². The summed E-state index contributed by atoms with van der Waals surface area (Å²) in [5.41, 5.74) is 5.69. The van der Waals surface area contributed by atoms with Crippen molar-refractivity contribution in [3.8, 4) is 0 Å². The second-order valence-corrected chi connectivity index (χ2v) is 9.33. The molecule has 0 saturated carbocycles. The lowest BCUT2D eigenvalue weighted by atomic mass is 9.85. The van der Waals surface area contributed by atoms with E-state index in [-0.39, 0.29) is 17.5 Å². The highest BCUT2D eigenvalue weighted by Crippen LogP contribution is 2.36. The molecule has 5 rings (SSSR count).